The zero-order valence-electron chi connectivity index (χ0n) is 10.4. The van der Waals surface area contributed by atoms with E-state index >= 15 is 0 Å². The van der Waals surface area contributed by atoms with E-state index < -0.39 is 27.9 Å². The summed E-state index contributed by atoms with van der Waals surface area (Å²) in [5.74, 6) is 4.20. The maximum atomic E-state index is 12.2. The Morgan fingerprint density at radius 3 is 2.60 bits per heavy atom. The van der Waals surface area contributed by atoms with E-state index in [1.807, 2.05) is 0 Å². The van der Waals surface area contributed by atoms with Crippen LogP contribution in [0, 0.1) is 0 Å². The van der Waals surface area contributed by atoms with Gasteiger partial charge in [-0.25, -0.2) is 8.42 Å². The van der Waals surface area contributed by atoms with Crippen LogP contribution in [0.4, 0.5) is 5.69 Å². The summed E-state index contributed by atoms with van der Waals surface area (Å²) in [5, 5.41) is 2.09. The maximum Gasteiger partial charge on any atom is 0.244 e. The second kappa shape index (κ2) is 5.57. The molecule has 1 aromatic rings. The van der Waals surface area contributed by atoms with Gasteiger partial charge in [-0.1, -0.05) is 12.1 Å². The molecule has 1 saturated heterocycles. The Hall–Kier alpha value is -1.97. The van der Waals surface area contributed by atoms with Crippen LogP contribution in [-0.2, 0) is 19.6 Å². The summed E-state index contributed by atoms with van der Waals surface area (Å²) in [6, 6.07) is 5.06. The van der Waals surface area contributed by atoms with Gasteiger partial charge in [0.2, 0.25) is 21.8 Å². The molecule has 0 aromatic heterocycles. The average Bonchev–Trinajstić information content (AvgIpc) is 2.42. The van der Waals surface area contributed by atoms with Crippen molar-refractivity contribution in [3.8, 4) is 0 Å². The molecule has 1 fully saturated rings. The molecule has 8 nitrogen and oxygen atoms in total. The van der Waals surface area contributed by atoms with Crippen molar-refractivity contribution in [3.63, 3.8) is 0 Å². The standard InChI is InChI=1S/C11H14N4O4S/c12-14-7-3-1-2-4-9(7)20(18,19)15-8-5-6-10(16)13-11(8)17/h1-4,8,14-15H,5-6,12H2,(H,13,16,17). The molecule has 2 rings (SSSR count). The van der Waals surface area contributed by atoms with Crippen molar-refractivity contribution in [2.75, 3.05) is 5.43 Å². The molecule has 1 aliphatic rings. The van der Waals surface area contributed by atoms with Crippen LogP contribution < -0.4 is 21.3 Å². The highest BCUT2D eigenvalue weighted by Gasteiger charge is 2.31. The van der Waals surface area contributed by atoms with E-state index in [0.29, 0.717) is 0 Å². The number of para-hydroxylation sites is 1. The third-order valence-corrected chi connectivity index (χ3v) is 4.40. The smallest absolute Gasteiger partial charge is 0.244 e. The minimum Gasteiger partial charge on any atom is -0.323 e. The highest BCUT2D eigenvalue weighted by Crippen LogP contribution is 2.20. The van der Waals surface area contributed by atoms with Gasteiger partial charge in [-0.3, -0.25) is 20.7 Å². The third kappa shape index (κ3) is 2.95. The largest absolute Gasteiger partial charge is 0.323 e. The molecular weight excluding hydrogens is 284 g/mol. The van der Waals surface area contributed by atoms with Gasteiger partial charge in [0.05, 0.1) is 5.69 Å². The van der Waals surface area contributed by atoms with Crippen molar-refractivity contribution in [1.29, 1.82) is 0 Å². The van der Waals surface area contributed by atoms with E-state index in [-0.39, 0.29) is 23.4 Å². The molecule has 1 unspecified atom stereocenters. The summed E-state index contributed by atoms with van der Waals surface area (Å²) in [6.07, 6.45) is 0.220. The summed E-state index contributed by atoms with van der Waals surface area (Å²) in [4.78, 5) is 22.5. The molecule has 1 aromatic carbocycles. The van der Waals surface area contributed by atoms with Crippen LogP contribution in [0.5, 0.6) is 0 Å². The number of carbonyl (C=O) groups is 2. The number of nitrogens with one attached hydrogen (secondary N) is 3. The van der Waals surface area contributed by atoms with Crippen molar-refractivity contribution in [2.24, 2.45) is 5.84 Å². The number of nitrogen functional groups attached to an aromatic ring is 1. The highest BCUT2D eigenvalue weighted by atomic mass is 32.2. The summed E-state index contributed by atoms with van der Waals surface area (Å²) < 4.78 is 26.7. The number of benzene rings is 1. The summed E-state index contributed by atoms with van der Waals surface area (Å²) >= 11 is 0. The average molecular weight is 298 g/mol. The molecular formula is C11H14N4O4S. The topological polar surface area (TPSA) is 130 Å². The van der Waals surface area contributed by atoms with Crippen molar-refractivity contribution < 1.29 is 18.0 Å². The lowest BCUT2D eigenvalue weighted by Crippen LogP contribution is -2.52. The minimum absolute atomic E-state index is 0.0628. The first-order valence-corrected chi connectivity index (χ1v) is 7.34. The molecule has 0 radical (unpaired) electrons. The molecule has 0 aliphatic carbocycles. The normalized spacial score (nSPS) is 19.6. The Labute approximate surface area is 115 Å². The van der Waals surface area contributed by atoms with E-state index in [4.69, 9.17) is 5.84 Å². The Morgan fingerprint density at radius 2 is 1.95 bits per heavy atom. The van der Waals surface area contributed by atoms with E-state index in [2.05, 4.69) is 15.5 Å². The van der Waals surface area contributed by atoms with Crippen LogP contribution in [0.25, 0.3) is 0 Å². The van der Waals surface area contributed by atoms with E-state index in [1.165, 1.54) is 12.1 Å². The predicted octanol–water partition coefficient (Wildman–Crippen LogP) is -0.944. The number of hydrogen-bond acceptors (Lipinski definition) is 6. The lowest BCUT2D eigenvalue weighted by atomic mass is 10.1. The van der Waals surface area contributed by atoms with Gasteiger partial charge in [0, 0.05) is 6.42 Å². The van der Waals surface area contributed by atoms with Gasteiger partial charge in [0.15, 0.2) is 0 Å². The Bertz CT molecular complexity index is 644. The van der Waals surface area contributed by atoms with Gasteiger partial charge in [-0.2, -0.15) is 4.72 Å². The van der Waals surface area contributed by atoms with Crippen molar-refractivity contribution in [1.82, 2.24) is 10.0 Å². The minimum atomic E-state index is -3.92. The predicted molar refractivity (Wildman–Crippen MR) is 70.7 cm³/mol. The number of amides is 2. The van der Waals surface area contributed by atoms with E-state index in [9.17, 15) is 18.0 Å². The lowest BCUT2D eigenvalue weighted by Gasteiger charge is -2.22. The monoisotopic (exact) mass is 298 g/mol. The molecule has 2 amide bonds. The fourth-order valence-electron chi connectivity index (χ4n) is 1.88. The van der Waals surface area contributed by atoms with Crippen LogP contribution in [0.1, 0.15) is 12.8 Å². The molecule has 20 heavy (non-hydrogen) atoms. The fraction of sp³-hybridized carbons (Fsp3) is 0.273. The summed E-state index contributed by atoms with van der Waals surface area (Å²) in [6.45, 7) is 0. The number of nitrogens with two attached hydrogens (primary N) is 1. The van der Waals surface area contributed by atoms with E-state index in [0.717, 1.165) is 0 Å². The number of piperidine rings is 1. The van der Waals surface area contributed by atoms with Crippen molar-refractivity contribution in [3.05, 3.63) is 24.3 Å². The molecule has 1 atom stereocenters. The molecule has 5 N–H and O–H groups in total. The van der Waals surface area contributed by atoms with Crippen molar-refractivity contribution >= 4 is 27.5 Å². The van der Waals surface area contributed by atoms with Gasteiger partial charge in [0.1, 0.15) is 10.9 Å². The Balaban J connectivity index is 2.23. The summed E-state index contributed by atoms with van der Waals surface area (Å²) in [7, 11) is -3.92. The Morgan fingerprint density at radius 1 is 1.25 bits per heavy atom. The van der Waals surface area contributed by atoms with Crippen LogP contribution in [-0.4, -0.2) is 26.3 Å². The first-order valence-electron chi connectivity index (χ1n) is 5.86. The Kier molecular flexibility index (Phi) is 4.02. The third-order valence-electron chi connectivity index (χ3n) is 2.87. The zero-order valence-corrected chi connectivity index (χ0v) is 11.2. The summed E-state index contributed by atoms with van der Waals surface area (Å²) in [5.41, 5.74) is 2.50. The van der Waals surface area contributed by atoms with Gasteiger partial charge in [-0.05, 0) is 18.6 Å². The van der Waals surface area contributed by atoms with Crippen LogP contribution >= 0.6 is 0 Å². The first kappa shape index (κ1) is 14.4. The number of carbonyl (C=O) groups excluding carboxylic acids is 2. The molecule has 1 aliphatic heterocycles. The van der Waals surface area contributed by atoms with Crippen LogP contribution in [0.15, 0.2) is 29.2 Å². The van der Waals surface area contributed by atoms with Gasteiger partial charge >= 0.3 is 0 Å². The number of anilines is 1. The molecule has 0 spiro atoms. The van der Waals surface area contributed by atoms with Gasteiger partial charge < -0.3 is 5.43 Å². The number of imide groups is 1. The van der Waals surface area contributed by atoms with E-state index in [1.54, 1.807) is 12.1 Å². The molecule has 0 bridgehead atoms. The van der Waals surface area contributed by atoms with Crippen LogP contribution in [0.2, 0.25) is 0 Å². The lowest BCUT2D eigenvalue weighted by molar-refractivity contribution is -0.134. The molecule has 9 heteroatoms. The number of hydrazine groups is 1. The number of rotatable bonds is 4. The molecule has 0 saturated carbocycles. The maximum absolute atomic E-state index is 12.2. The van der Waals surface area contributed by atoms with Crippen LogP contribution in [0.3, 0.4) is 0 Å². The SMILES string of the molecule is NNc1ccccc1S(=O)(=O)NC1CCC(=O)NC1=O. The first-order chi connectivity index (χ1) is 9.44. The molecule has 108 valence electrons. The van der Waals surface area contributed by atoms with Gasteiger partial charge in [-0.15, -0.1) is 0 Å². The zero-order chi connectivity index (χ0) is 14.8. The highest BCUT2D eigenvalue weighted by molar-refractivity contribution is 7.89. The second-order valence-corrected chi connectivity index (χ2v) is 5.95. The number of hydrogen-bond donors (Lipinski definition) is 4. The second-order valence-electron chi connectivity index (χ2n) is 4.27. The number of sulfonamides is 1. The fourth-order valence-corrected chi connectivity index (χ4v) is 3.28. The molecule has 1 heterocycles. The van der Waals surface area contributed by atoms with Crippen molar-refractivity contribution in [2.45, 2.75) is 23.8 Å². The quantitative estimate of drug-likeness (QED) is 0.322. The van der Waals surface area contributed by atoms with Gasteiger partial charge in [0.25, 0.3) is 0 Å².